The van der Waals surface area contributed by atoms with E-state index in [2.05, 4.69) is 0 Å². The van der Waals surface area contributed by atoms with Crippen LogP contribution in [0.5, 0.6) is 11.5 Å². The Hall–Kier alpha value is -3.14. The van der Waals surface area contributed by atoms with Gasteiger partial charge in [-0.3, -0.25) is 14.4 Å². The van der Waals surface area contributed by atoms with E-state index in [1.165, 1.54) is 19.2 Å². The lowest BCUT2D eigenvalue weighted by Gasteiger charge is -2.27. The van der Waals surface area contributed by atoms with Gasteiger partial charge in [0.15, 0.2) is 11.5 Å². The fourth-order valence-electron chi connectivity index (χ4n) is 2.76. The zero-order chi connectivity index (χ0) is 28.6. The Morgan fingerprint density at radius 3 is 1.92 bits per heavy atom. The number of methoxy groups -OCH3 is 1. The Bertz CT molecular complexity index is 975. The highest BCUT2D eigenvalue weighted by molar-refractivity contribution is 5.82. The lowest BCUT2D eigenvalue weighted by atomic mass is 9.88. The van der Waals surface area contributed by atoms with Crippen LogP contribution in [0.3, 0.4) is 0 Å². The minimum Gasteiger partial charge on any atom is -0.468 e. The van der Waals surface area contributed by atoms with Crippen LogP contribution in [-0.2, 0) is 35.0 Å². The normalized spacial score (nSPS) is 14.1. The fourth-order valence-corrected chi connectivity index (χ4v) is 2.76. The first-order chi connectivity index (χ1) is 16.9. The van der Waals surface area contributed by atoms with Gasteiger partial charge >= 0.3 is 24.1 Å². The van der Waals surface area contributed by atoms with Crippen LogP contribution in [-0.4, -0.2) is 49.4 Å². The molecule has 0 aromatic heterocycles. The number of carbonyl (C=O) groups is 4. The zero-order valence-corrected chi connectivity index (χ0v) is 23.4. The molecule has 0 aliphatic carbocycles. The molecule has 0 aliphatic heterocycles. The molecule has 0 radical (unpaired) electrons. The summed E-state index contributed by atoms with van der Waals surface area (Å²) in [6, 6.07) is 4.56. The molecule has 0 amide bonds. The van der Waals surface area contributed by atoms with Crippen molar-refractivity contribution in [3.8, 4) is 11.5 Å². The Morgan fingerprint density at radius 2 is 1.43 bits per heavy atom. The minimum atomic E-state index is -1.57. The van der Waals surface area contributed by atoms with Crippen molar-refractivity contribution in [2.45, 2.75) is 86.3 Å². The molecular formula is C27H41NO9. The molecule has 1 rings (SSSR count). The van der Waals surface area contributed by atoms with Crippen molar-refractivity contribution in [1.29, 1.82) is 0 Å². The maximum absolute atomic E-state index is 12.6. The van der Waals surface area contributed by atoms with Gasteiger partial charge in [-0.15, -0.1) is 0 Å². The fraction of sp³-hybridized carbons (Fsp3) is 0.630. The van der Waals surface area contributed by atoms with Crippen molar-refractivity contribution in [2.75, 3.05) is 13.7 Å². The molecule has 0 bridgehead atoms. The Morgan fingerprint density at radius 1 is 0.892 bits per heavy atom. The van der Waals surface area contributed by atoms with E-state index in [4.69, 9.17) is 29.4 Å². The van der Waals surface area contributed by atoms with Crippen LogP contribution in [0.2, 0.25) is 0 Å². The van der Waals surface area contributed by atoms with Gasteiger partial charge in [-0.25, -0.2) is 4.79 Å². The summed E-state index contributed by atoms with van der Waals surface area (Å²) in [5.41, 5.74) is 3.71. The molecule has 10 nitrogen and oxygen atoms in total. The number of benzene rings is 1. The summed E-state index contributed by atoms with van der Waals surface area (Å²) in [4.78, 5) is 49.5. The first-order valence-corrected chi connectivity index (χ1v) is 12.2. The van der Waals surface area contributed by atoms with Crippen LogP contribution < -0.4 is 15.2 Å². The molecule has 0 saturated heterocycles. The van der Waals surface area contributed by atoms with Crippen molar-refractivity contribution in [3.63, 3.8) is 0 Å². The van der Waals surface area contributed by atoms with Crippen LogP contribution in [0.15, 0.2) is 18.2 Å². The van der Waals surface area contributed by atoms with Crippen molar-refractivity contribution >= 4 is 24.1 Å². The third-order valence-electron chi connectivity index (χ3n) is 5.39. The number of carbonyl (C=O) groups excluding carboxylic acids is 4. The molecule has 0 unspecified atom stereocenters. The van der Waals surface area contributed by atoms with Crippen LogP contribution >= 0.6 is 0 Å². The van der Waals surface area contributed by atoms with Gasteiger partial charge in [0.25, 0.3) is 0 Å². The third kappa shape index (κ3) is 10.0. The largest absolute Gasteiger partial charge is 0.508 e. The van der Waals surface area contributed by atoms with Crippen LogP contribution in [0.1, 0.15) is 73.8 Å². The van der Waals surface area contributed by atoms with Crippen molar-refractivity contribution < 1.29 is 42.9 Å². The topological polar surface area (TPSA) is 140 Å². The average molecular weight is 524 g/mol. The molecule has 0 saturated carbocycles. The predicted molar refractivity (Wildman–Crippen MR) is 136 cm³/mol. The van der Waals surface area contributed by atoms with E-state index >= 15 is 0 Å². The Labute approximate surface area is 219 Å². The summed E-state index contributed by atoms with van der Waals surface area (Å²) in [7, 11) is 1.20. The number of esters is 3. The van der Waals surface area contributed by atoms with Gasteiger partial charge in [-0.1, -0.05) is 13.0 Å². The molecule has 0 spiro atoms. The molecule has 2 atom stereocenters. The summed E-state index contributed by atoms with van der Waals surface area (Å²) in [6.45, 7) is 13.6. The third-order valence-corrected chi connectivity index (χ3v) is 5.39. The molecule has 208 valence electrons. The second-order valence-electron chi connectivity index (χ2n) is 11.1. The van der Waals surface area contributed by atoms with Crippen molar-refractivity contribution in [1.82, 2.24) is 0 Å². The number of hydrogen-bond donors (Lipinski definition) is 1. The maximum Gasteiger partial charge on any atom is 0.508 e. The predicted octanol–water partition coefficient (Wildman–Crippen LogP) is 4.34. The van der Waals surface area contributed by atoms with Gasteiger partial charge in [0, 0.05) is 12.8 Å². The van der Waals surface area contributed by atoms with Gasteiger partial charge in [0.05, 0.1) is 24.5 Å². The van der Waals surface area contributed by atoms with Crippen LogP contribution in [0.25, 0.3) is 0 Å². The van der Waals surface area contributed by atoms with Crippen LogP contribution in [0, 0.1) is 10.8 Å². The average Bonchev–Trinajstić information content (AvgIpc) is 2.78. The molecule has 1 aromatic carbocycles. The first-order valence-electron chi connectivity index (χ1n) is 12.2. The standard InChI is InChI=1S/C27H41NO9/c1-10-17(2)35-24(32)34-14-13-27(28,23(31)33-9)16-18-11-12-19(36-21(29)25(3,4)5)20(15-18)37-22(30)26(6,7)8/h11-12,15,17H,10,13-14,16,28H2,1-9H3/t17-,27+/m0/s1. The maximum atomic E-state index is 12.6. The summed E-state index contributed by atoms with van der Waals surface area (Å²) < 4.78 is 26.1. The summed E-state index contributed by atoms with van der Waals surface area (Å²) in [5, 5.41) is 0. The molecular weight excluding hydrogens is 482 g/mol. The van der Waals surface area contributed by atoms with Gasteiger partial charge in [-0.05, 0) is 72.6 Å². The highest BCUT2D eigenvalue weighted by atomic mass is 16.7. The van der Waals surface area contributed by atoms with Gasteiger partial charge in [0.2, 0.25) is 0 Å². The molecule has 1 aromatic rings. The number of rotatable bonds is 10. The van der Waals surface area contributed by atoms with Crippen molar-refractivity contribution in [3.05, 3.63) is 23.8 Å². The molecule has 37 heavy (non-hydrogen) atoms. The second-order valence-corrected chi connectivity index (χ2v) is 11.1. The molecule has 0 aliphatic rings. The van der Waals surface area contributed by atoms with E-state index in [-0.39, 0.29) is 37.1 Å². The SMILES string of the molecule is CC[C@H](C)OC(=O)OCC[C@@](N)(Cc1ccc(OC(=O)C(C)(C)C)c(OC(=O)C(C)(C)C)c1)C(=O)OC. The first kappa shape index (κ1) is 31.9. The summed E-state index contributed by atoms with van der Waals surface area (Å²) >= 11 is 0. The number of ether oxygens (including phenoxy) is 5. The van der Waals surface area contributed by atoms with E-state index in [0.717, 1.165) is 0 Å². The van der Waals surface area contributed by atoms with E-state index in [1.54, 1.807) is 54.5 Å². The highest BCUT2D eigenvalue weighted by Gasteiger charge is 2.36. The van der Waals surface area contributed by atoms with Gasteiger partial charge in [0.1, 0.15) is 11.6 Å². The van der Waals surface area contributed by atoms with E-state index in [9.17, 15) is 19.2 Å². The van der Waals surface area contributed by atoms with Gasteiger partial charge in [-0.2, -0.15) is 0 Å². The lowest BCUT2D eigenvalue weighted by molar-refractivity contribution is -0.148. The minimum absolute atomic E-state index is 0.00984. The van der Waals surface area contributed by atoms with E-state index in [0.29, 0.717) is 12.0 Å². The van der Waals surface area contributed by atoms with E-state index < -0.39 is 40.4 Å². The molecule has 10 heteroatoms. The monoisotopic (exact) mass is 523 g/mol. The summed E-state index contributed by atoms with van der Waals surface area (Å²) in [5.74, 6) is -1.72. The van der Waals surface area contributed by atoms with Gasteiger partial charge < -0.3 is 29.4 Å². The molecule has 0 heterocycles. The van der Waals surface area contributed by atoms with Crippen LogP contribution in [0.4, 0.5) is 4.79 Å². The number of nitrogens with two attached hydrogens (primary N) is 1. The second kappa shape index (κ2) is 12.9. The number of hydrogen-bond acceptors (Lipinski definition) is 10. The quantitative estimate of drug-likeness (QED) is 0.348. The Balaban J connectivity index is 3.22. The zero-order valence-electron chi connectivity index (χ0n) is 23.4. The van der Waals surface area contributed by atoms with Crippen molar-refractivity contribution in [2.24, 2.45) is 16.6 Å². The molecule has 2 N–H and O–H groups in total. The lowest BCUT2D eigenvalue weighted by Crippen LogP contribution is -2.51. The highest BCUT2D eigenvalue weighted by Crippen LogP contribution is 2.33. The summed E-state index contributed by atoms with van der Waals surface area (Å²) in [6.07, 6.45) is -0.648. The molecule has 0 fully saturated rings. The van der Waals surface area contributed by atoms with E-state index in [1.807, 2.05) is 6.92 Å². The smallest absolute Gasteiger partial charge is 0.468 e. The Kier molecular flexibility index (Phi) is 11.1.